The molecular weight excluding hydrogens is 554 g/mol. The Morgan fingerprint density at radius 3 is 2.60 bits per heavy atom. The maximum atomic E-state index is 15.2. The van der Waals surface area contributed by atoms with Gasteiger partial charge in [0.2, 0.25) is 11.9 Å². The number of anilines is 3. The number of alkyl halides is 3. The zero-order valence-corrected chi connectivity index (χ0v) is 22.6. The molecule has 1 amide bonds. The number of amides is 1. The molecule has 4 aromatic rings. The molecule has 2 aliphatic rings. The summed E-state index contributed by atoms with van der Waals surface area (Å²) in [5.74, 6) is -0.154. The molecule has 220 valence electrons. The van der Waals surface area contributed by atoms with E-state index in [-0.39, 0.29) is 30.6 Å². The average molecular weight is 584 g/mol. The van der Waals surface area contributed by atoms with Crippen molar-refractivity contribution < 1.29 is 22.4 Å². The van der Waals surface area contributed by atoms with Crippen molar-refractivity contribution >= 4 is 34.5 Å². The van der Waals surface area contributed by atoms with Crippen molar-refractivity contribution in [3.63, 3.8) is 0 Å². The molecule has 3 aromatic heterocycles. The second-order valence-corrected chi connectivity index (χ2v) is 10.6. The number of benzene rings is 1. The predicted molar refractivity (Wildman–Crippen MR) is 148 cm³/mol. The number of H-pyrrole nitrogens is 1. The second kappa shape index (κ2) is 11.5. The molecular formula is C28H29F4N9O. The number of nitrogens with zero attached hydrogens (tertiary/aromatic N) is 6. The summed E-state index contributed by atoms with van der Waals surface area (Å²) in [5.41, 5.74) is 3.12. The number of aromatic nitrogens is 5. The molecule has 0 spiro atoms. The first-order valence-corrected chi connectivity index (χ1v) is 13.8. The summed E-state index contributed by atoms with van der Waals surface area (Å²) in [6, 6.07) is 9.31. The molecule has 10 nitrogen and oxygen atoms in total. The molecule has 1 saturated heterocycles. The van der Waals surface area contributed by atoms with Gasteiger partial charge in [-0.05, 0) is 49.1 Å². The average Bonchev–Trinajstić information content (AvgIpc) is 3.32. The van der Waals surface area contributed by atoms with Gasteiger partial charge < -0.3 is 20.5 Å². The third-order valence-corrected chi connectivity index (χ3v) is 7.54. The summed E-state index contributed by atoms with van der Waals surface area (Å²) in [6.07, 6.45) is 0.221. The van der Waals surface area contributed by atoms with Crippen LogP contribution < -0.4 is 10.6 Å². The molecule has 6 rings (SSSR count). The quantitative estimate of drug-likeness (QED) is 0.252. The Kier molecular flexibility index (Phi) is 7.62. The first kappa shape index (κ1) is 27.8. The number of piperazine rings is 1. The van der Waals surface area contributed by atoms with E-state index in [4.69, 9.17) is 0 Å². The highest BCUT2D eigenvalue weighted by atomic mass is 19.4. The van der Waals surface area contributed by atoms with Gasteiger partial charge in [-0.15, -0.1) is 0 Å². The van der Waals surface area contributed by atoms with Gasteiger partial charge in [-0.2, -0.15) is 13.2 Å². The maximum Gasteiger partial charge on any atom is 0.397 e. The Morgan fingerprint density at radius 1 is 1.05 bits per heavy atom. The van der Waals surface area contributed by atoms with Crippen LogP contribution in [0.3, 0.4) is 0 Å². The Labute approximate surface area is 238 Å². The van der Waals surface area contributed by atoms with Gasteiger partial charge in [0.1, 0.15) is 24.3 Å². The maximum absolute atomic E-state index is 15.2. The molecule has 4 heterocycles. The van der Waals surface area contributed by atoms with E-state index >= 15 is 4.39 Å². The van der Waals surface area contributed by atoms with E-state index in [1.54, 1.807) is 24.4 Å². The van der Waals surface area contributed by atoms with Crippen LogP contribution in [-0.4, -0.2) is 79.0 Å². The lowest BCUT2D eigenvalue weighted by atomic mass is 9.93. The number of pyridine rings is 1. The zero-order valence-electron chi connectivity index (χ0n) is 22.6. The van der Waals surface area contributed by atoms with Crippen LogP contribution in [0.15, 0.2) is 42.9 Å². The van der Waals surface area contributed by atoms with Crippen molar-refractivity contribution in [3.8, 4) is 11.3 Å². The molecule has 42 heavy (non-hydrogen) atoms. The lowest BCUT2D eigenvalue weighted by Gasteiger charge is -2.35. The minimum absolute atomic E-state index is 0.206. The molecule has 0 atom stereocenters. The first-order valence-electron chi connectivity index (χ1n) is 13.8. The van der Waals surface area contributed by atoms with Crippen molar-refractivity contribution in [1.82, 2.24) is 34.7 Å². The smallest absolute Gasteiger partial charge is 0.365 e. The molecule has 0 unspecified atom stereocenters. The standard InChI is InChI=1S/C28H29F4N9O/c29-24-25(34-16-35-26(24)36-19-2-1-3-19)18-4-5-20-21(13-18)38-27(37-20)39-22-12-17(6-7-33-22)15-40-8-10-41(11-9-40)23(42)14-28(30,31)32/h4-7,12-13,16,19H,1-3,8-11,14-15H2,(H,34,35,36)(H2,33,37,38,39). The molecule has 14 heteroatoms. The number of halogens is 4. The largest absolute Gasteiger partial charge is 0.397 e. The van der Waals surface area contributed by atoms with E-state index in [1.165, 1.54) is 11.2 Å². The molecule has 1 saturated carbocycles. The SMILES string of the molecule is O=C(CC(F)(F)F)N1CCN(Cc2ccnc(Nc3nc4ccc(-c5ncnc(NC6CCC6)c5F)cc4[nH]3)c2)CC1. The first-order chi connectivity index (χ1) is 20.2. The summed E-state index contributed by atoms with van der Waals surface area (Å²) >= 11 is 0. The van der Waals surface area contributed by atoms with Crippen molar-refractivity contribution in [2.75, 3.05) is 36.8 Å². The van der Waals surface area contributed by atoms with Gasteiger partial charge in [0, 0.05) is 50.5 Å². The topological polar surface area (TPSA) is 115 Å². The molecule has 0 bridgehead atoms. The van der Waals surface area contributed by atoms with E-state index in [9.17, 15) is 18.0 Å². The van der Waals surface area contributed by atoms with Gasteiger partial charge >= 0.3 is 6.18 Å². The number of rotatable bonds is 8. The fourth-order valence-electron chi connectivity index (χ4n) is 5.09. The van der Waals surface area contributed by atoms with E-state index in [1.807, 2.05) is 12.1 Å². The molecule has 1 aliphatic heterocycles. The number of nitrogens with one attached hydrogen (secondary N) is 3. The van der Waals surface area contributed by atoms with Crippen LogP contribution in [0, 0.1) is 5.82 Å². The summed E-state index contributed by atoms with van der Waals surface area (Å²) < 4.78 is 52.8. The molecule has 2 fully saturated rings. The third-order valence-electron chi connectivity index (χ3n) is 7.54. The Hall–Kier alpha value is -4.33. The highest BCUT2D eigenvalue weighted by Crippen LogP contribution is 2.30. The van der Waals surface area contributed by atoms with E-state index in [2.05, 4.69) is 40.5 Å². The van der Waals surface area contributed by atoms with Crippen LogP contribution in [0.2, 0.25) is 0 Å². The number of imidazole rings is 1. The van der Waals surface area contributed by atoms with Gasteiger partial charge in [0.05, 0.1) is 11.0 Å². The van der Waals surface area contributed by atoms with E-state index < -0.39 is 24.3 Å². The van der Waals surface area contributed by atoms with Crippen LogP contribution in [0.5, 0.6) is 0 Å². The minimum atomic E-state index is -4.50. The number of aromatic amines is 1. The Bertz CT molecular complexity index is 1580. The molecule has 0 radical (unpaired) electrons. The second-order valence-electron chi connectivity index (χ2n) is 10.6. The highest BCUT2D eigenvalue weighted by Gasteiger charge is 2.34. The lowest BCUT2D eigenvalue weighted by Crippen LogP contribution is -2.49. The summed E-state index contributed by atoms with van der Waals surface area (Å²) in [6.45, 7) is 2.02. The van der Waals surface area contributed by atoms with E-state index in [0.29, 0.717) is 48.0 Å². The van der Waals surface area contributed by atoms with Gasteiger partial charge in [0.25, 0.3) is 0 Å². The van der Waals surface area contributed by atoms with Gasteiger partial charge in [-0.3, -0.25) is 9.69 Å². The predicted octanol–water partition coefficient (Wildman–Crippen LogP) is 4.86. The van der Waals surface area contributed by atoms with Crippen LogP contribution >= 0.6 is 0 Å². The normalized spacial score (nSPS) is 16.4. The molecule has 3 N–H and O–H groups in total. The number of carbonyl (C=O) groups is 1. The fourth-order valence-corrected chi connectivity index (χ4v) is 5.09. The van der Waals surface area contributed by atoms with Gasteiger partial charge in [0.15, 0.2) is 11.6 Å². The van der Waals surface area contributed by atoms with Crippen molar-refractivity contribution in [2.24, 2.45) is 0 Å². The van der Waals surface area contributed by atoms with Crippen LogP contribution in [0.25, 0.3) is 22.3 Å². The fraction of sp³-hybridized carbons (Fsp3) is 0.393. The van der Waals surface area contributed by atoms with Crippen LogP contribution in [0.1, 0.15) is 31.2 Å². The molecule has 1 aliphatic carbocycles. The monoisotopic (exact) mass is 583 g/mol. The van der Waals surface area contributed by atoms with E-state index in [0.717, 1.165) is 24.8 Å². The Balaban J connectivity index is 1.09. The zero-order chi connectivity index (χ0) is 29.3. The van der Waals surface area contributed by atoms with Crippen LogP contribution in [0.4, 0.5) is 35.1 Å². The molecule has 1 aromatic carbocycles. The van der Waals surface area contributed by atoms with Crippen molar-refractivity contribution in [2.45, 2.75) is 44.4 Å². The Morgan fingerprint density at radius 2 is 1.86 bits per heavy atom. The number of hydrogen-bond acceptors (Lipinski definition) is 8. The summed E-state index contributed by atoms with van der Waals surface area (Å²) in [5, 5.41) is 6.31. The van der Waals surface area contributed by atoms with Crippen LogP contribution in [-0.2, 0) is 11.3 Å². The van der Waals surface area contributed by atoms with Crippen molar-refractivity contribution in [1.29, 1.82) is 0 Å². The highest BCUT2D eigenvalue weighted by molar-refractivity contribution is 5.83. The van der Waals surface area contributed by atoms with Crippen molar-refractivity contribution in [3.05, 3.63) is 54.2 Å². The third kappa shape index (κ3) is 6.43. The summed E-state index contributed by atoms with van der Waals surface area (Å²) in [4.78, 5) is 35.6. The number of hydrogen-bond donors (Lipinski definition) is 3. The number of fused-ring (bicyclic) bond motifs is 1. The van der Waals surface area contributed by atoms with Gasteiger partial charge in [-0.1, -0.05) is 6.07 Å². The number of carbonyl (C=O) groups excluding carboxylic acids is 1. The minimum Gasteiger partial charge on any atom is -0.365 e. The van der Waals surface area contributed by atoms with Gasteiger partial charge in [-0.25, -0.2) is 24.3 Å². The summed E-state index contributed by atoms with van der Waals surface area (Å²) in [7, 11) is 0. The lowest BCUT2D eigenvalue weighted by molar-refractivity contribution is -0.162.